The zero-order chi connectivity index (χ0) is 20.7. The number of thiazole rings is 1. The average molecular weight is 455 g/mol. The number of rotatable bonds is 4. The van der Waals surface area contributed by atoms with E-state index in [1.807, 2.05) is 0 Å². The third-order valence-electron chi connectivity index (χ3n) is 5.62. The smallest absolute Gasteiger partial charge is 0.283 e. The summed E-state index contributed by atoms with van der Waals surface area (Å²) in [6.07, 6.45) is 0.598. The molecule has 2 aromatic heterocycles. The van der Waals surface area contributed by atoms with Gasteiger partial charge in [-0.25, -0.2) is 4.98 Å². The number of nitrogens with zero attached hydrogens (tertiary/aromatic N) is 3. The number of thiophene rings is 1. The maximum Gasteiger partial charge on any atom is 0.283 e. The van der Waals surface area contributed by atoms with E-state index in [9.17, 15) is 9.59 Å². The van der Waals surface area contributed by atoms with E-state index in [0.29, 0.717) is 27.3 Å². The molecule has 2 aliphatic heterocycles. The Kier molecular flexibility index (Phi) is 5.94. The van der Waals surface area contributed by atoms with Crippen molar-refractivity contribution in [2.75, 3.05) is 33.8 Å². The van der Waals surface area contributed by atoms with E-state index in [1.165, 1.54) is 27.6 Å². The average Bonchev–Trinajstić information content (AvgIpc) is 3.42. The number of hydrogen-bond acceptors (Lipinski definition) is 7. The number of aromatic nitrogens is 1. The molecule has 1 saturated heterocycles. The highest BCUT2D eigenvalue weighted by molar-refractivity contribution is 7.18. The van der Waals surface area contributed by atoms with E-state index in [1.54, 1.807) is 24.1 Å². The van der Waals surface area contributed by atoms with Crippen molar-refractivity contribution in [3.05, 3.63) is 36.9 Å². The van der Waals surface area contributed by atoms with Crippen LogP contribution in [0.15, 0.2) is 12.1 Å². The van der Waals surface area contributed by atoms with Gasteiger partial charge in [-0.15, -0.1) is 22.7 Å². The van der Waals surface area contributed by atoms with Gasteiger partial charge in [0.05, 0.1) is 27.1 Å². The molecule has 2 aliphatic rings. The largest absolute Gasteiger partial charge is 0.377 e. The molecule has 1 N–H and O–H groups in total. The Morgan fingerprint density at radius 2 is 2.10 bits per heavy atom. The van der Waals surface area contributed by atoms with Crippen molar-refractivity contribution in [3.63, 3.8) is 0 Å². The molecule has 1 fully saturated rings. The molecule has 2 amide bonds. The quantitative estimate of drug-likeness (QED) is 0.768. The van der Waals surface area contributed by atoms with Crippen LogP contribution in [0, 0.1) is 0 Å². The number of methoxy groups -OCH3 is 1. The fourth-order valence-electron chi connectivity index (χ4n) is 3.76. The minimum atomic E-state index is -0.281. The lowest BCUT2D eigenvalue weighted by Gasteiger charge is -2.28. The van der Waals surface area contributed by atoms with Crippen LogP contribution >= 0.6 is 34.3 Å². The number of fused-ring (bicyclic) bond motifs is 1. The van der Waals surface area contributed by atoms with Gasteiger partial charge in [-0.05, 0) is 26.1 Å². The zero-order valence-electron chi connectivity index (χ0n) is 16.5. The van der Waals surface area contributed by atoms with Crippen LogP contribution in [0.4, 0.5) is 0 Å². The molecule has 0 spiro atoms. The van der Waals surface area contributed by atoms with Gasteiger partial charge in [0.25, 0.3) is 11.8 Å². The highest BCUT2D eigenvalue weighted by atomic mass is 35.5. The van der Waals surface area contributed by atoms with Gasteiger partial charge < -0.3 is 15.0 Å². The summed E-state index contributed by atoms with van der Waals surface area (Å²) in [6.45, 7) is 3.90. The van der Waals surface area contributed by atoms with E-state index in [-0.39, 0.29) is 30.0 Å². The third-order valence-corrected chi connectivity index (χ3v) is 8.11. The van der Waals surface area contributed by atoms with Crippen molar-refractivity contribution >= 4 is 46.1 Å². The van der Waals surface area contributed by atoms with Gasteiger partial charge in [-0.3, -0.25) is 14.5 Å². The zero-order valence-corrected chi connectivity index (χ0v) is 18.9. The van der Waals surface area contributed by atoms with Crippen LogP contribution in [0.3, 0.4) is 0 Å². The summed E-state index contributed by atoms with van der Waals surface area (Å²) in [4.78, 5) is 35.9. The van der Waals surface area contributed by atoms with Crippen molar-refractivity contribution in [1.82, 2.24) is 20.1 Å². The molecule has 29 heavy (non-hydrogen) atoms. The summed E-state index contributed by atoms with van der Waals surface area (Å²) in [5.41, 5.74) is 1.03. The van der Waals surface area contributed by atoms with Crippen LogP contribution in [-0.2, 0) is 11.2 Å². The Hall–Kier alpha value is -1.52. The van der Waals surface area contributed by atoms with Gasteiger partial charge >= 0.3 is 0 Å². The second kappa shape index (κ2) is 8.31. The van der Waals surface area contributed by atoms with Crippen LogP contribution in [0.25, 0.3) is 0 Å². The van der Waals surface area contributed by atoms with Gasteiger partial charge in [0, 0.05) is 44.1 Å². The molecule has 3 atom stereocenters. The lowest BCUT2D eigenvalue weighted by Crippen LogP contribution is -2.43. The van der Waals surface area contributed by atoms with Crippen LogP contribution < -0.4 is 5.32 Å². The fourth-order valence-corrected chi connectivity index (χ4v) is 5.91. The molecule has 7 nitrogen and oxygen atoms in total. The van der Waals surface area contributed by atoms with Gasteiger partial charge in [-0.2, -0.15) is 0 Å². The molecule has 0 saturated carbocycles. The molecule has 10 heteroatoms. The molecule has 156 valence electrons. The van der Waals surface area contributed by atoms with Crippen molar-refractivity contribution in [2.45, 2.75) is 31.5 Å². The number of nitrogens with one attached hydrogen (secondary N) is 1. The molecule has 2 aromatic rings. The maximum atomic E-state index is 13.1. The van der Waals surface area contributed by atoms with Crippen molar-refractivity contribution in [2.24, 2.45) is 0 Å². The van der Waals surface area contributed by atoms with Crippen LogP contribution in [0.5, 0.6) is 0 Å². The molecule has 4 heterocycles. The molecule has 3 unspecified atom stereocenters. The monoisotopic (exact) mass is 454 g/mol. The van der Waals surface area contributed by atoms with Gasteiger partial charge in [0.1, 0.15) is 0 Å². The van der Waals surface area contributed by atoms with Gasteiger partial charge in [-0.1, -0.05) is 11.6 Å². The summed E-state index contributed by atoms with van der Waals surface area (Å²) in [7, 11) is 3.69. The van der Waals surface area contributed by atoms with Crippen LogP contribution in [-0.4, -0.2) is 72.5 Å². The maximum absolute atomic E-state index is 13.1. The molecule has 0 bridgehead atoms. The number of carbonyl (C=O) groups excluding carboxylic acids is 2. The first-order chi connectivity index (χ1) is 13.9. The van der Waals surface area contributed by atoms with Crippen LogP contribution in [0.1, 0.15) is 43.0 Å². The van der Waals surface area contributed by atoms with E-state index >= 15 is 0 Å². The Bertz CT molecular complexity index is 930. The van der Waals surface area contributed by atoms with Crippen LogP contribution in [0.2, 0.25) is 4.34 Å². The van der Waals surface area contributed by atoms with Crippen molar-refractivity contribution in [3.8, 4) is 0 Å². The number of halogens is 1. The Balaban J connectivity index is 1.46. The molecule has 4 rings (SSSR count). The molecule has 0 aromatic carbocycles. The lowest BCUT2D eigenvalue weighted by atomic mass is 10.1. The fraction of sp³-hybridized carbons (Fsp3) is 0.526. The Morgan fingerprint density at radius 1 is 1.31 bits per heavy atom. The SMILES string of the molecule is COC1CN(C(=O)c2nc3c(s2)C(C)N(C)CC3)CC1NC(=O)c1ccc(Cl)s1. The molecular weight excluding hydrogens is 432 g/mol. The van der Waals surface area contributed by atoms with E-state index in [2.05, 4.69) is 29.2 Å². The minimum Gasteiger partial charge on any atom is -0.377 e. The highest BCUT2D eigenvalue weighted by Gasteiger charge is 2.38. The predicted molar refractivity (Wildman–Crippen MR) is 114 cm³/mol. The normalized spacial score (nSPS) is 24.6. The van der Waals surface area contributed by atoms with E-state index in [0.717, 1.165) is 18.7 Å². The highest BCUT2D eigenvalue weighted by Crippen LogP contribution is 2.33. The van der Waals surface area contributed by atoms with Crippen molar-refractivity contribution in [1.29, 1.82) is 0 Å². The number of likely N-dealkylation sites (N-methyl/N-ethyl adjacent to an activating group) is 1. The summed E-state index contributed by atoms with van der Waals surface area (Å²) in [6, 6.07) is 3.38. The number of carbonyl (C=O) groups is 2. The molecule has 0 radical (unpaired) electrons. The minimum absolute atomic E-state index is 0.0998. The summed E-state index contributed by atoms with van der Waals surface area (Å²) < 4.78 is 6.10. The first kappa shape index (κ1) is 20.7. The number of hydrogen-bond donors (Lipinski definition) is 1. The first-order valence-electron chi connectivity index (χ1n) is 9.45. The van der Waals surface area contributed by atoms with E-state index in [4.69, 9.17) is 16.3 Å². The molecule has 0 aliphatic carbocycles. The second-order valence-electron chi connectivity index (χ2n) is 7.40. The number of amides is 2. The summed E-state index contributed by atoms with van der Waals surface area (Å²) in [5, 5.41) is 3.50. The predicted octanol–water partition coefficient (Wildman–Crippen LogP) is 2.68. The summed E-state index contributed by atoms with van der Waals surface area (Å²) in [5.74, 6) is -0.304. The number of likely N-dealkylation sites (tertiary alicyclic amines) is 1. The standard InChI is InChI=1S/C19H23ClN4O3S2/c1-10-16-11(6-7-23(10)2)22-18(29-16)19(26)24-8-12(13(9-24)27-3)21-17(25)14-4-5-15(20)28-14/h4-5,10,12-13H,6-9H2,1-3H3,(H,21,25). The van der Waals surface area contributed by atoms with E-state index < -0.39 is 0 Å². The first-order valence-corrected chi connectivity index (χ1v) is 11.5. The Labute approximate surface area is 182 Å². The Morgan fingerprint density at radius 3 is 2.79 bits per heavy atom. The number of ether oxygens (including phenoxy) is 1. The lowest BCUT2D eigenvalue weighted by molar-refractivity contribution is 0.0692. The van der Waals surface area contributed by atoms with Crippen molar-refractivity contribution < 1.29 is 14.3 Å². The summed E-state index contributed by atoms with van der Waals surface area (Å²) >= 11 is 8.63. The second-order valence-corrected chi connectivity index (χ2v) is 10.2. The third kappa shape index (κ3) is 4.06. The van der Waals surface area contributed by atoms with Gasteiger partial charge in [0.15, 0.2) is 5.01 Å². The molecular formula is C19H23ClN4O3S2. The van der Waals surface area contributed by atoms with Gasteiger partial charge in [0.2, 0.25) is 0 Å². The topological polar surface area (TPSA) is 74.8 Å².